The molecule has 7 nitrogen and oxygen atoms in total. The molecule has 2 aromatic rings. The van der Waals surface area contributed by atoms with Gasteiger partial charge in [0.25, 0.3) is 5.91 Å². The lowest BCUT2D eigenvalue weighted by Crippen LogP contribution is -2.48. The predicted octanol–water partition coefficient (Wildman–Crippen LogP) is 2.92. The molecule has 154 valence electrons. The molecule has 0 spiro atoms. The molecule has 1 aliphatic rings. The van der Waals surface area contributed by atoms with Crippen molar-refractivity contribution in [2.75, 3.05) is 13.4 Å². The van der Waals surface area contributed by atoms with E-state index in [4.69, 9.17) is 26.4 Å². The first-order valence-corrected chi connectivity index (χ1v) is 9.77. The highest BCUT2D eigenvalue weighted by Crippen LogP contribution is 2.32. The second-order valence-corrected chi connectivity index (χ2v) is 7.44. The fraction of sp³-hybridized carbons (Fsp3) is 0.333. The number of rotatable bonds is 6. The van der Waals surface area contributed by atoms with Crippen molar-refractivity contribution in [3.63, 3.8) is 0 Å². The quantitative estimate of drug-likeness (QED) is 0.494. The van der Waals surface area contributed by atoms with Gasteiger partial charge in [0.1, 0.15) is 5.75 Å². The molecule has 8 heteroatoms. The lowest BCUT2D eigenvalue weighted by atomic mass is 10.0. The van der Waals surface area contributed by atoms with Crippen molar-refractivity contribution in [3.8, 4) is 17.2 Å². The number of ether oxygens (including phenoxy) is 3. The van der Waals surface area contributed by atoms with E-state index in [-0.39, 0.29) is 19.3 Å². The molecule has 0 radical (unpaired) electrons. The molecule has 0 fully saturated rings. The fourth-order valence-corrected chi connectivity index (χ4v) is 2.95. The number of carbonyl (C=O) groups is 1. The molecule has 1 amide bonds. The minimum atomic E-state index is -0.326. The third-order valence-corrected chi connectivity index (χ3v) is 4.60. The molecule has 29 heavy (non-hydrogen) atoms. The zero-order valence-corrected chi connectivity index (χ0v) is 17.5. The van der Waals surface area contributed by atoms with Gasteiger partial charge in [0.15, 0.2) is 23.2 Å². The van der Waals surface area contributed by atoms with Gasteiger partial charge in [-0.2, -0.15) is 0 Å². The molecule has 2 aromatic carbocycles. The van der Waals surface area contributed by atoms with E-state index in [2.05, 4.69) is 30.0 Å². The van der Waals surface area contributed by atoms with Gasteiger partial charge < -0.3 is 19.5 Å². The third kappa shape index (κ3) is 5.74. The first-order valence-electron chi connectivity index (χ1n) is 9.37. The summed E-state index contributed by atoms with van der Waals surface area (Å²) in [5.41, 5.74) is 8.33. The van der Waals surface area contributed by atoms with Gasteiger partial charge in [-0.15, -0.1) is 0 Å². The number of hydrogen-bond donors (Lipinski definition) is 3. The molecule has 0 aromatic heterocycles. The van der Waals surface area contributed by atoms with E-state index < -0.39 is 0 Å². The molecule has 1 heterocycles. The van der Waals surface area contributed by atoms with Crippen LogP contribution in [0.4, 0.5) is 0 Å². The summed E-state index contributed by atoms with van der Waals surface area (Å²) in [5.74, 6) is 2.15. The van der Waals surface area contributed by atoms with Crippen molar-refractivity contribution in [3.05, 3.63) is 53.1 Å². The van der Waals surface area contributed by atoms with Gasteiger partial charge in [-0.25, -0.2) is 0 Å². The molecule has 1 aliphatic heterocycles. The highest BCUT2D eigenvalue weighted by atomic mass is 32.1. The van der Waals surface area contributed by atoms with Crippen LogP contribution in [0.2, 0.25) is 0 Å². The molecule has 0 saturated carbocycles. The van der Waals surface area contributed by atoms with Gasteiger partial charge >= 0.3 is 0 Å². The topological polar surface area (TPSA) is 80.9 Å². The van der Waals surface area contributed by atoms with Crippen LogP contribution in [0, 0.1) is 6.92 Å². The molecular formula is C21H25N3O4S. The van der Waals surface area contributed by atoms with E-state index >= 15 is 0 Å². The summed E-state index contributed by atoms with van der Waals surface area (Å²) in [4.78, 5) is 12.1. The minimum Gasteiger partial charge on any atom is -0.483 e. The Morgan fingerprint density at radius 1 is 1.14 bits per heavy atom. The third-order valence-electron chi connectivity index (χ3n) is 4.36. The van der Waals surface area contributed by atoms with Gasteiger partial charge in [-0.05, 0) is 59.9 Å². The zero-order valence-electron chi connectivity index (χ0n) is 16.7. The average molecular weight is 416 g/mol. The molecule has 0 bridgehead atoms. The molecule has 0 unspecified atom stereocenters. The number of fused-ring (bicyclic) bond motifs is 1. The Hall–Kier alpha value is -3.00. The monoisotopic (exact) mass is 415 g/mol. The lowest BCUT2D eigenvalue weighted by Gasteiger charge is -2.15. The summed E-state index contributed by atoms with van der Waals surface area (Å²) in [6, 6.07) is 11.7. The molecule has 0 aliphatic carbocycles. The SMILES string of the molecule is Cc1ccc(C(C)C)c(OCC(=O)NNC(=S)NCc2ccc3c(c2)OCO3)c1. The number of thiocarbonyl (C=S) groups is 1. The van der Waals surface area contributed by atoms with Crippen LogP contribution in [0.1, 0.15) is 36.5 Å². The number of hydrazine groups is 1. The van der Waals surface area contributed by atoms with Crippen LogP contribution in [0.25, 0.3) is 0 Å². The Bertz CT molecular complexity index is 901. The molecule has 0 saturated heterocycles. The van der Waals surface area contributed by atoms with Crippen molar-refractivity contribution in [1.29, 1.82) is 0 Å². The van der Waals surface area contributed by atoms with Crippen molar-refractivity contribution in [2.45, 2.75) is 33.2 Å². The maximum Gasteiger partial charge on any atom is 0.276 e. The Morgan fingerprint density at radius 2 is 1.93 bits per heavy atom. The van der Waals surface area contributed by atoms with E-state index in [9.17, 15) is 4.79 Å². The van der Waals surface area contributed by atoms with Crippen LogP contribution in [0.15, 0.2) is 36.4 Å². The first kappa shape index (κ1) is 20.7. The standard InChI is InChI=1S/C21H25N3O4S/c1-13(2)16-6-4-14(3)8-18(16)26-11-20(25)23-24-21(29)22-10-15-5-7-17-19(9-15)28-12-27-17/h4-9,13H,10-12H2,1-3H3,(H,23,25)(H2,22,24,29). The smallest absolute Gasteiger partial charge is 0.276 e. The lowest BCUT2D eigenvalue weighted by molar-refractivity contribution is -0.123. The fourth-order valence-electron chi connectivity index (χ4n) is 2.83. The van der Waals surface area contributed by atoms with Gasteiger partial charge in [0.05, 0.1) is 0 Å². The van der Waals surface area contributed by atoms with Crippen molar-refractivity contribution in [1.82, 2.24) is 16.2 Å². The minimum absolute atomic E-state index is 0.110. The number of carbonyl (C=O) groups excluding carboxylic acids is 1. The van der Waals surface area contributed by atoms with Gasteiger partial charge in [-0.1, -0.05) is 32.0 Å². The van der Waals surface area contributed by atoms with Crippen LogP contribution in [0.3, 0.4) is 0 Å². The summed E-state index contributed by atoms with van der Waals surface area (Å²) >= 11 is 5.19. The summed E-state index contributed by atoms with van der Waals surface area (Å²) in [6.45, 7) is 6.77. The van der Waals surface area contributed by atoms with Crippen molar-refractivity contribution >= 4 is 23.2 Å². The van der Waals surface area contributed by atoms with E-state index in [0.717, 1.165) is 28.2 Å². The van der Waals surface area contributed by atoms with Crippen LogP contribution >= 0.6 is 12.2 Å². The highest BCUT2D eigenvalue weighted by Gasteiger charge is 2.13. The van der Waals surface area contributed by atoms with Gasteiger partial charge in [0.2, 0.25) is 6.79 Å². The zero-order chi connectivity index (χ0) is 20.8. The van der Waals surface area contributed by atoms with Crippen molar-refractivity contribution < 1.29 is 19.0 Å². The molecule has 3 rings (SSSR count). The number of benzene rings is 2. The number of nitrogens with one attached hydrogen (secondary N) is 3. The van der Waals surface area contributed by atoms with E-state index in [1.54, 1.807) is 0 Å². The second kappa shape index (κ2) is 9.47. The first-order chi connectivity index (χ1) is 13.9. The summed E-state index contributed by atoms with van der Waals surface area (Å²) in [5, 5.41) is 3.32. The Labute approximate surface area is 175 Å². The predicted molar refractivity (Wildman–Crippen MR) is 114 cm³/mol. The normalized spacial score (nSPS) is 11.9. The number of amides is 1. The summed E-state index contributed by atoms with van der Waals surface area (Å²) in [7, 11) is 0. The maximum absolute atomic E-state index is 12.1. The van der Waals surface area contributed by atoms with Crippen molar-refractivity contribution in [2.24, 2.45) is 0 Å². The van der Waals surface area contributed by atoms with Gasteiger partial charge in [-0.3, -0.25) is 15.6 Å². The second-order valence-electron chi connectivity index (χ2n) is 7.03. The van der Waals surface area contributed by atoms with E-state index in [1.165, 1.54) is 0 Å². The van der Waals surface area contributed by atoms with E-state index in [1.807, 2.05) is 43.3 Å². The van der Waals surface area contributed by atoms with Crippen LogP contribution in [-0.4, -0.2) is 24.4 Å². The van der Waals surface area contributed by atoms with Crippen LogP contribution in [-0.2, 0) is 11.3 Å². The summed E-state index contributed by atoms with van der Waals surface area (Å²) in [6.07, 6.45) is 0. The van der Waals surface area contributed by atoms with Crippen LogP contribution in [0.5, 0.6) is 17.2 Å². The molecular weight excluding hydrogens is 390 g/mol. The molecule has 3 N–H and O–H groups in total. The summed E-state index contributed by atoms with van der Waals surface area (Å²) < 4.78 is 16.3. The Morgan fingerprint density at radius 3 is 2.72 bits per heavy atom. The van der Waals surface area contributed by atoms with Gasteiger partial charge in [0, 0.05) is 6.54 Å². The Kier molecular flexibility index (Phi) is 6.77. The molecule has 0 atom stereocenters. The number of hydrogen-bond acceptors (Lipinski definition) is 5. The highest BCUT2D eigenvalue weighted by molar-refractivity contribution is 7.80. The Balaban J connectivity index is 1.41. The number of aryl methyl sites for hydroxylation is 1. The van der Waals surface area contributed by atoms with E-state index in [0.29, 0.717) is 23.3 Å². The average Bonchev–Trinajstić information content (AvgIpc) is 3.16. The van der Waals surface area contributed by atoms with Crippen LogP contribution < -0.4 is 30.4 Å². The largest absolute Gasteiger partial charge is 0.483 e. The maximum atomic E-state index is 12.1.